The second-order valence-corrected chi connectivity index (χ2v) is 6.23. The van der Waals surface area contributed by atoms with Crippen molar-refractivity contribution in [3.63, 3.8) is 0 Å². The highest BCUT2D eigenvalue weighted by Gasteiger charge is 2.25. The van der Waals surface area contributed by atoms with Crippen LogP contribution in [0.1, 0.15) is 16.5 Å². The molecule has 0 radical (unpaired) electrons. The van der Waals surface area contributed by atoms with E-state index in [1.165, 1.54) is 0 Å². The maximum Gasteiger partial charge on any atom is 0.276 e. The van der Waals surface area contributed by atoms with Gasteiger partial charge in [0.1, 0.15) is 0 Å². The topological polar surface area (TPSA) is 80.1 Å². The number of carbonyl (C=O) groups excluding carboxylic acids is 1. The Bertz CT molecular complexity index is 474. The van der Waals surface area contributed by atoms with E-state index < -0.39 is 10.8 Å². The van der Waals surface area contributed by atoms with E-state index >= 15 is 0 Å². The van der Waals surface area contributed by atoms with Gasteiger partial charge in [-0.15, -0.1) is 5.10 Å². The average Bonchev–Trinajstić information content (AvgIpc) is 2.76. The second-order valence-electron chi connectivity index (χ2n) is 4.54. The summed E-state index contributed by atoms with van der Waals surface area (Å²) in [5.41, 5.74) is 0.384. The lowest BCUT2D eigenvalue weighted by Crippen LogP contribution is -2.43. The van der Waals surface area contributed by atoms with Crippen molar-refractivity contribution in [3.05, 3.63) is 11.9 Å². The standard InChI is InChI=1S/C10H15N5O2S/c16-10(14-1-3-18(17)4-2-14)9-7-15(13-12-9)8-5-11-6-8/h7-8,11H,1-6H2. The number of aromatic nitrogens is 3. The van der Waals surface area contributed by atoms with Gasteiger partial charge < -0.3 is 10.2 Å². The van der Waals surface area contributed by atoms with Crippen LogP contribution >= 0.6 is 0 Å². The molecule has 3 rings (SSSR count). The molecule has 2 fully saturated rings. The van der Waals surface area contributed by atoms with Gasteiger partial charge in [0.15, 0.2) is 5.69 Å². The lowest BCUT2D eigenvalue weighted by Gasteiger charge is -2.26. The minimum Gasteiger partial charge on any atom is -0.335 e. The van der Waals surface area contributed by atoms with E-state index in [-0.39, 0.29) is 5.91 Å². The first-order chi connectivity index (χ1) is 8.74. The molecule has 2 aliphatic heterocycles. The molecule has 1 aromatic rings. The number of amides is 1. The van der Waals surface area contributed by atoms with E-state index in [9.17, 15) is 9.00 Å². The van der Waals surface area contributed by atoms with Crippen molar-refractivity contribution < 1.29 is 9.00 Å². The average molecular weight is 269 g/mol. The van der Waals surface area contributed by atoms with Gasteiger partial charge in [-0.05, 0) is 0 Å². The Balaban J connectivity index is 1.68. The molecule has 0 aliphatic carbocycles. The highest BCUT2D eigenvalue weighted by Crippen LogP contribution is 2.11. The molecular formula is C10H15N5O2S. The van der Waals surface area contributed by atoms with Gasteiger partial charge in [-0.25, -0.2) is 4.68 Å². The zero-order valence-electron chi connectivity index (χ0n) is 9.91. The molecule has 7 nitrogen and oxygen atoms in total. The number of hydrogen-bond donors (Lipinski definition) is 1. The lowest BCUT2D eigenvalue weighted by atomic mass is 10.2. The summed E-state index contributed by atoms with van der Waals surface area (Å²) in [6, 6.07) is 0.313. The van der Waals surface area contributed by atoms with Gasteiger partial charge in [0, 0.05) is 48.5 Å². The molecule has 0 atom stereocenters. The third-order valence-electron chi connectivity index (χ3n) is 3.33. The highest BCUT2D eigenvalue weighted by molar-refractivity contribution is 7.85. The molecule has 0 saturated carbocycles. The van der Waals surface area contributed by atoms with Gasteiger partial charge in [0.25, 0.3) is 5.91 Å². The quantitative estimate of drug-likeness (QED) is 0.716. The monoisotopic (exact) mass is 269 g/mol. The Labute approximate surface area is 107 Å². The van der Waals surface area contributed by atoms with Crippen molar-refractivity contribution in [2.45, 2.75) is 6.04 Å². The molecule has 18 heavy (non-hydrogen) atoms. The van der Waals surface area contributed by atoms with Gasteiger partial charge in [0.2, 0.25) is 0 Å². The Morgan fingerprint density at radius 2 is 2.11 bits per heavy atom. The third-order valence-corrected chi connectivity index (χ3v) is 4.60. The van der Waals surface area contributed by atoms with Gasteiger partial charge in [-0.3, -0.25) is 9.00 Å². The van der Waals surface area contributed by atoms with E-state index in [1.54, 1.807) is 15.8 Å². The van der Waals surface area contributed by atoms with Gasteiger partial charge in [-0.2, -0.15) is 0 Å². The summed E-state index contributed by atoms with van der Waals surface area (Å²) < 4.78 is 13.0. The molecule has 1 N–H and O–H groups in total. The first-order valence-corrected chi connectivity index (χ1v) is 7.49. The van der Waals surface area contributed by atoms with E-state index in [2.05, 4.69) is 15.6 Å². The second kappa shape index (κ2) is 4.77. The maximum absolute atomic E-state index is 12.1. The molecule has 3 heterocycles. The fourth-order valence-corrected chi connectivity index (χ4v) is 3.07. The molecule has 98 valence electrons. The molecule has 0 bridgehead atoms. The summed E-state index contributed by atoms with van der Waals surface area (Å²) in [4.78, 5) is 13.8. The fraction of sp³-hybridized carbons (Fsp3) is 0.700. The van der Waals surface area contributed by atoms with Crippen LogP contribution in [-0.2, 0) is 10.8 Å². The first-order valence-electron chi connectivity index (χ1n) is 6.01. The zero-order valence-corrected chi connectivity index (χ0v) is 10.7. The van der Waals surface area contributed by atoms with E-state index in [4.69, 9.17) is 0 Å². The van der Waals surface area contributed by atoms with Gasteiger partial charge in [0.05, 0.1) is 12.2 Å². The predicted octanol–water partition coefficient (Wildman–Crippen LogP) is -1.37. The van der Waals surface area contributed by atoms with Crippen LogP contribution in [0, 0.1) is 0 Å². The van der Waals surface area contributed by atoms with Crippen molar-refractivity contribution in [3.8, 4) is 0 Å². The van der Waals surface area contributed by atoms with E-state index in [0.717, 1.165) is 13.1 Å². The molecular weight excluding hydrogens is 254 g/mol. The molecule has 2 saturated heterocycles. The molecule has 0 spiro atoms. The summed E-state index contributed by atoms with van der Waals surface area (Å²) in [6.07, 6.45) is 1.71. The SMILES string of the molecule is O=C(c1cn(C2CNC2)nn1)N1CCS(=O)CC1. The van der Waals surface area contributed by atoms with Crippen LogP contribution in [-0.4, -0.2) is 67.7 Å². The zero-order chi connectivity index (χ0) is 12.5. The van der Waals surface area contributed by atoms with Crippen molar-refractivity contribution in [2.24, 2.45) is 0 Å². The molecule has 0 unspecified atom stereocenters. The summed E-state index contributed by atoms with van der Waals surface area (Å²) in [5, 5.41) is 11.1. The summed E-state index contributed by atoms with van der Waals surface area (Å²) in [7, 11) is -0.772. The molecule has 1 aromatic heterocycles. The molecule has 1 amide bonds. The van der Waals surface area contributed by atoms with Crippen LogP contribution in [0.25, 0.3) is 0 Å². The van der Waals surface area contributed by atoms with E-state index in [1.807, 2.05) is 0 Å². The van der Waals surface area contributed by atoms with Gasteiger partial charge >= 0.3 is 0 Å². The van der Waals surface area contributed by atoms with Crippen LogP contribution in [0.3, 0.4) is 0 Å². The van der Waals surface area contributed by atoms with Crippen molar-refractivity contribution in [2.75, 3.05) is 37.7 Å². The third kappa shape index (κ3) is 2.17. The van der Waals surface area contributed by atoms with Gasteiger partial charge in [-0.1, -0.05) is 5.21 Å². The Hall–Kier alpha value is -1.28. The number of carbonyl (C=O) groups is 1. The fourth-order valence-electron chi connectivity index (χ4n) is 2.02. The lowest BCUT2D eigenvalue weighted by molar-refractivity contribution is 0.0765. The van der Waals surface area contributed by atoms with Crippen molar-refractivity contribution in [1.29, 1.82) is 0 Å². The Morgan fingerprint density at radius 3 is 2.72 bits per heavy atom. The molecule has 2 aliphatic rings. The normalized spacial score (nSPS) is 21.9. The molecule has 8 heteroatoms. The Morgan fingerprint density at radius 1 is 1.39 bits per heavy atom. The molecule has 0 aromatic carbocycles. The number of rotatable bonds is 2. The maximum atomic E-state index is 12.1. The minimum absolute atomic E-state index is 0.106. The smallest absolute Gasteiger partial charge is 0.276 e. The Kier molecular flexibility index (Phi) is 3.13. The number of hydrogen-bond acceptors (Lipinski definition) is 5. The van der Waals surface area contributed by atoms with Crippen molar-refractivity contribution >= 4 is 16.7 Å². The van der Waals surface area contributed by atoms with Crippen LogP contribution in [0.5, 0.6) is 0 Å². The van der Waals surface area contributed by atoms with Crippen LogP contribution in [0.15, 0.2) is 6.20 Å². The van der Waals surface area contributed by atoms with Crippen LogP contribution < -0.4 is 5.32 Å². The summed E-state index contributed by atoms with van der Waals surface area (Å²) in [6.45, 7) is 2.84. The predicted molar refractivity (Wildman–Crippen MR) is 65.7 cm³/mol. The van der Waals surface area contributed by atoms with Crippen LogP contribution in [0.2, 0.25) is 0 Å². The number of nitrogens with one attached hydrogen (secondary N) is 1. The largest absolute Gasteiger partial charge is 0.335 e. The minimum atomic E-state index is -0.772. The highest BCUT2D eigenvalue weighted by atomic mass is 32.2. The van der Waals surface area contributed by atoms with Crippen LogP contribution in [0.4, 0.5) is 0 Å². The van der Waals surface area contributed by atoms with Crippen molar-refractivity contribution in [1.82, 2.24) is 25.2 Å². The number of nitrogens with zero attached hydrogens (tertiary/aromatic N) is 4. The van der Waals surface area contributed by atoms with E-state index in [0.29, 0.717) is 36.3 Å². The summed E-state index contributed by atoms with van der Waals surface area (Å²) >= 11 is 0. The first kappa shape index (κ1) is 11.8. The summed E-state index contributed by atoms with van der Waals surface area (Å²) in [5.74, 6) is 1.02.